The Morgan fingerprint density at radius 3 is 1.88 bits per heavy atom. The molecule has 0 aromatic rings. The molecule has 6 unspecified atom stereocenters. The maximum Gasteiger partial charge on any atom is 0.407 e. The minimum Gasteiger partial charge on any atom is -0.462 e. The van der Waals surface area contributed by atoms with E-state index in [0.717, 1.165) is 0 Å². The molecule has 466 valence electrons. The molecule has 5 aliphatic rings. The van der Waals surface area contributed by atoms with Crippen molar-refractivity contribution in [2.24, 2.45) is 17.8 Å². The average molecular weight is 1240 g/mol. The third kappa shape index (κ3) is 22.3. The first-order valence-electron chi connectivity index (χ1n) is 28.3. The van der Waals surface area contributed by atoms with Crippen LogP contribution in [0.5, 0.6) is 0 Å². The van der Waals surface area contributed by atoms with Gasteiger partial charge in [0, 0.05) is 51.0 Å². The van der Waals surface area contributed by atoms with Crippen LogP contribution in [0.3, 0.4) is 0 Å². The van der Waals surface area contributed by atoms with Crippen LogP contribution in [0.15, 0.2) is 110 Å². The molecule has 5 heterocycles. The van der Waals surface area contributed by atoms with Gasteiger partial charge in [0.1, 0.15) is 37.4 Å². The van der Waals surface area contributed by atoms with Crippen molar-refractivity contribution < 1.29 is 92.0 Å². The highest BCUT2D eigenvalue weighted by atomic mass is 32.0. The number of hydrogen-bond acceptors (Lipinski definition) is 19. The number of rotatable bonds is 11. The molecule has 25 atom stereocenters. The molecule has 0 radical (unpaired) electrons. The summed E-state index contributed by atoms with van der Waals surface area (Å²) >= 11 is 0. The van der Waals surface area contributed by atoms with Crippen LogP contribution in [0.25, 0.3) is 0 Å². The van der Waals surface area contributed by atoms with Crippen LogP contribution >= 0.6 is 33.1 Å². The number of nitrogens with one attached hydrogen (secondary N) is 1. The SMILES string of the molecule is C=CCOC(=O)N[C@@H]1[C@@H](O)[C@H](O[C@H]2/C=C/C=C/C=C/C=C/C=C/C=C/C=C/[C@H](C)[C@@H](O)[C@@H](C)[C@H](C)OC(=O)C[C@H]3C[C@@H](CC[C@@H](O)[C@H]4C[C@@H](C[C@]5(OC)C[C@H](O)[C@@H](C(=O)OCC=C)[C@H](C2)O5)OC(P(C)P)O4)OC(P(C)P)O3)O[C@H](C)[C@H]1O. The highest BCUT2D eigenvalue weighted by molar-refractivity contribution is 8.13. The molecule has 4 saturated heterocycles. The number of cyclic esters (lactones) is 1. The van der Waals surface area contributed by atoms with Crippen molar-refractivity contribution in [3.63, 3.8) is 0 Å². The fraction of sp³-hybridized carbons (Fsp3) is 0.644. The lowest BCUT2D eigenvalue weighted by Gasteiger charge is -2.49. The van der Waals surface area contributed by atoms with Crippen LogP contribution in [0, 0.1) is 17.8 Å². The van der Waals surface area contributed by atoms with Gasteiger partial charge in [-0.2, -0.15) is 0 Å². The first-order valence-corrected chi connectivity index (χ1v) is 35.2. The Morgan fingerprint density at radius 1 is 0.687 bits per heavy atom. The van der Waals surface area contributed by atoms with Crippen molar-refractivity contribution >= 4 is 51.1 Å². The summed E-state index contributed by atoms with van der Waals surface area (Å²) in [6, 6.07) is -2.61. The molecule has 0 aliphatic carbocycles. The molecule has 20 nitrogen and oxygen atoms in total. The summed E-state index contributed by atoms with van der Waals surface area (Å²) in [6.45, 7) is 18.0. The van der Waals surface area contributed by atoms with Gasteiger partial charge in [-0.15, -0.1) is 17.9 Å². The third-order valence-electron chi connectivity index (χ3n) is 15.1. The lowest BCUT2D eigenvalue weighted by atomic mass is 9.82. The number of methoxy groups -OCH3 is 1. The van der Waals surface area contributed by atoms with Gasteiger partial charge in [-0.1, -0.05) is 124 Å². The number of aliphatic hydroxyl groups is 5. The standard InChI is InChI=1S/C59H91NO19P4/c1-10-28-70-54(67)49-45(62)35-59(69-7)34-43-32-46(78-58(77-43)83(9)81)44(61)27-26-41-30-42(76-57(75-41)82(8)80)33-48(63)72-38(5)37(4)51(64)36(3)24-22-20-18-16-14-12-13-15-17-19-21-23-25-40(31-47(49)79-59)74-55-53(66)50(52(65)39(6)73-55)60-56(68)71-29-11-2/h10-25,36-47,49-53,55,57-58,61-62,64-66H,1-2,26-35,80-81H2,3-9H3,(H,60,68)/b13-12+,16-14+,17-15+,20-18+,21-19+,24-22+,25-23+/t36-,37-,38-,39+,40-,41+,42+,43-,44+,45-,46+,47-,49+,50-,51+,52+,53+,55-,57?,58?,59+,82?,83?/m0/s1. The Balaban J connectivity index is 1.49. The van der Waals surface area contributed by atoms with E-state index in [9.17, 15) is 39.9 Å². The van der Waals surface area contributed by atoms with Crippen molar-refractivity contribution in [1.29, 1.82) is 0 Å². The number of aliphatic hydroxyl groups excluding tert-OH is 5. The number of ether oxygens (including phenoxy) is 11. The van der Waals surface area contributed by atoms with E-state index in [-0.39, 0.29) is 69.7 Å². The van der Waals surface area contributed by atoms with E-state index < -0.39 is 143 Å². The largest absolute Gasteiger partial charge is 0.462 e. The number of alkyl carbamates (subject to hydrolysis) is 1. The first kappa shape index (κ1) is 70.8. The van der Waals surface area contributed by atoms with Gasteiger partial charge in [0.25, 0.3) is 0 Å². The number of hydrogen-bond donors (Lipinski definition) is 6. The number of fused-ring (bicyclic) bond motifs is 6. The summed E-state index contributed by atoms with van der Waals surface area (Å²) in [5.41, 5.74) is 0. The zero-order valence-corrected chi connectivity index (χ0v) is 52.9. The predicted octanol–water partition coefficient (Wildman–Crippen LogP) is 7.46. The molecular formula is C59H91NO19P4. The number of allylic oxidation sites excluding steroid dienone is 12. The van der Waals surface area contributed by atoms with Crippen LogP contribution in [0.2, 0.25) is 0 Å². The molecule has 4 fully saturated rings. The molecule has 24 heteroatoms. The fourth-order valence-corrected chi connectivity index (χ4v) is 12.6. The first-order chi connectivity index (χ1) is 39.6. The van der Waals surface area contributed by atoms with E-state index in [1.54, 1.807) is 44.2 Å². The molecule has 0 aromatic carbocycles. The van der Waals surface area contributed by atoms with Crippen molar-refractivity contribution in [3.8, 4) is 0 Å². The summed E-state index contributed by atoms with van der Waals surface area (Å²) in [6.07, 6.45) is 14.4. The van der Waals surface area contributed by atoms with Crippen molar-refractivity contribution in [2.75, 3.05) is 33.7 Å². The van der Waals surface area contributed by atoms with Crippen LogP contribution < -0.4 is 5.32 Å². The fourth-order valence-electron chi connectivity index (χ4n) is 10.3. The maximum absolute atomic E-state index is 14.0. The van der Waals surface area contributed by atoms with Gasteiger partial charge in [-0.05, 0) is 55.2 Å². The van der Waals surface area contributed by atoms with Gasteiger partial charge in [0.05, 0.1) is 73.5 Å². The van der Waals surface area contributed by atoms with Crippen LogP contribution in [-0.2, 0) is 61.7 Å². The predicted molar refractivity (Wildman–Crippen MR) is 324 cm³/mol. The summed E-state index contributed by atoms with van der Waals surface area (Å²) in [5, 5.41) is 60.5. The summed E-state index contributed by atoms with van der Waals surface area (Å²) in [5.74, 6) is -4.70. The number of carbonyl (C=O) groups is 3. The van der Waals surface area contributed by atoms with Crippen molar-refractivity contribution in [3.05, 3.63) is 110 Å². The molecule has 6 N–H and O–H groups in total. The molecular weight excluding hydrogens is 1150 g/mol. The van der Waals surface area contributed by atoms with Gasteiger partial charge < -0.3 is 83.0 Å². The van der Waals surface area contributed by atoms with E-state index >= 15 is 0 Å². The second kappa shape index (κ2) is 35.8. The molecule has 83 heavy (non-hydrogen) atoms. The van der Waals surface area contributed by atoms with Crippen LogP contribution in [-0.4, -0.2) is 187 Å². The highest BCUT2D eigenvalue weighted by Crippen LogP contribution is 2.52. The van der Waals surface area contributed by atoms with Crippen LogP contribution in [0.1, 0.15) is 79.1 Å². The van der Waals surface area contributed by atoms with Gasteiger partial charge >= 0.3 is 18.0 Å². The molecule has 0 spiro atoms. The lowest BCUT2D eigenvalue weighted by Crippen LogP contribution is -2.64. The highest BCUT2D eigenvalue weighted by Gasteiger charge is 2.54. The van der Waals surface area contributed by atoms with E-state index in [0.29, 0.717) is 12.8 Å². The van der Waals surface area contributed by atoms with E-state index in [1.165, 1.54) is 19.3 Å². The number of amides is 1. The van der Waals surface area contributed by atoms with E-state index in [1.807, 2.05) is 81.9 Å². The lowest BCUT2D eigenvalue weighted by molar-refractivity contribution is -0.326. The maximum atomic E-state index is 14.0. The molecule has 5 rings (SSSR count). The quantitative estimate of drug-likeness (QED) is 0.0507. The Kier molecular flexibility index (Phi) is 30.5. The van der Waals surface area contributed by atoms with Crippen LogP contribution in [0.4, 0.5) is 4.79 Å². The van der Waals surface area contributed by atoms with Gasteiger partial charge in [0.2, 0.25) is 0 Å². The van der Waals surface area contributed by atoms with Crippen molar-refractivity contribution in [1.82, 2.24) is 5.32 Å². The second-order valence-corrected chi connectivity index (χ2v) is 30.1. The number of carbonyl (C=O) groups excluding carboxylic acids is 3. The average Bonchev–Trinajstić information content (AvgIpc) is 3.33. The van der Waals surface area contributed by atoms with E-state index in [2.05, 4.69) is 36.3 Å². The minimum absolute atomic E-state index is 0.0202. The smallest absolute Gasteiger partial charge is 0.407 e. The topological polar surface area (TPSA) is 266 Å². The summed E-state index contributed by atoms with van der Waals surface area (Å²) in [7, 11) is 5.14. The second-order valence-electron chi connectivity index (χ2n) is 21.7. The third-order valence-corrected chi connectivity index (χ3v) is 18.3. The molecule has 6 bridgehead atoms. The Hall–Kier alpha value is -2.93. The van der Waals surface area contributed by atoms with Gasteiger partial charge in [0.15, 0.2) is 24.1 Å². The molecule has 0 saturated carbocycles. The normalized spacial score (nSPS) is 41.8. The van der Waals surface area contributed by atoms with Gasteiger partial charge in [-0.3, -0.25) is 9.59 Å². The van der Waals surface area contributed by atoms with Crippen molar-refractivity contribution in [2.45, 2.75) is 189 Å². The Labute approximate surface area is 496 Å². The summed E-state index contributed by atoms with van der Waals surface area (Å²) < 4.78 is 67.8. The molecule has 0 aromatic heterocycles. The molecule has 5 aliphatic heterocycles. The minimum atomic E-state index is -1.63. The summed E-state index contributed by atoms with van der Waals surface area (Å²) in [4.78, 5) is 40.1. The zero-order chi connectivity index (χ0) is 60.8. The molecule has 1 amide bonds. The van der Waals surface area contributed by atoms with Gasteiger partial charge in [-0.25, -0.2) is 4.79 Å². The zero-order valence-electron chi connectivity index (χ0n) is 48.8. The monoisotopic (exact) mass is 1240 g/mol. The van der Waals surface area contributed by atoms with E-state index in [4.69, 9.17) is 52.1 Å². The Bertz CT molecular complexity index is 2270. The Morgan fingerprint density at radius 2 is 1.27 bits per heavy atom. The number of esters is 2.